The third kappa shape index (κ3) is 4.51. The van der Waals surface area contributed by atoms with Crippen LogP contribution in [0.15, 0.2) is 6.07 Å². The summed E-state index contributed by atoms with van der Waals surface area (Å²) in [6, 6.07) is 0.956. The molecule has 0 saturated carbocycles. The first kappa shape index (κ1) is 17.0. The van der Waals surface area contributed by atoms with E-state index in [9.17, 15) is 13.2 Å². The quantitative estimate of drug-likeness (QED) is 0.729. The van der Waals surface area contributed by atoms with Crippen LogP contribution in [-0.4, -0.2) is 23.1 Å². The SMILES string of the molecule is CCC(CC)CN(CC)c1cc(C(F)(F)F)nc(Cl)n1. The average Bonchev–Trinajstić information content (AvgIpc) is 2.38. The largest absolute Gasteiger partial charge is 0.433 e. The summed E-state index contributed by atoms with van der Waals surface area (Å²) in [4.78, 5) is 8.97. The van der Waals surface area contributed by atoms with E-state index in [1.165, 1.54) is 0 Å². The van der Waals surface area contributed by atoms with Crippen molar-refractivity contribution < 1.29 is 13.2 Å². The standard InChI is InChI=1S/C13H19ClF3N3/c1-4-9(5-2)8-20(6-3)11-7-10(13(15,16)17)18-12(14)19-11/h7,9H,4-6,8H2,1-3H3. The molecule has 1 aromatic rings. The lowest BCUT2D eigenvalue weighted by atomic mass is 10.0. The summed E-state index contributed by atoms with van der Waals surface area (Å²) in [5, 5.41) is -0.377. The summed E-state index contributed by atoms with van der Waals surface area (Å²) in [7, 11) is 0. The van der Waals surface area contributed by atoms with E-state index in [1.54, 1.807) is 4.90 Å². The van der Waals surface area contributed by atoms with E-state index in [1.807, 2.05) is 6.92 Å². The molecule has 1 heterocycles. The van der Waals surface area contributed by atoms with E-state index < -0.39 is 11.9 Å². The Morgan fingerprint density at radius 3 is 2.25 bits per heavy atom. The Balaban J connectivity index is 3.06. The van der Waals surface area contributed by atoms with Crippen molar-refractivity contribution in [3.8, 4) is 0 Å². The molecule has 0 aliphatic heterocycles. The predicted molar refractivity (Wildman–Crippen MR) is 74.0 cm³/mol. The lowest BCUT2D eigenvalue weighted by Crippen LogP contribution is -2.30. The van der Waals surface area contributed by atoms with Gasteiger partial charge in [0.25, 0.3) is 0 Å². The molecule has 1 aromatic heterocycles. The van der Waals surface area contributed by atoms with Crippen molar-refractivity contribution in [1.82, 2.24) is 9.97 Å². The molecule has 0 unspecified atom stereocenters. The van der Waals surface area contributed by atoms with Crippen LogP contribution in [0.5, 0.6) is 0 Å². The molecule has 0 fully saturated rings. The maximum absolute atomic E-state index is 12.7. The summed E-state index contributed by atoms with van der Waals surface area (Å²) < 4.78 is 38.2. The number of halogens is 4. The molecule has 7 heteroatoms. The maximum atomic E-state index is 12.7. The molecular weight excluding hydrogens is 291 g/mol. The van der Waals surface area contributed by atoms with Gasteiger partial charge in [-0.05, 0) is 24.4 Å². The highest BCUT2D eigenvalue weighted by molar-refractivity contribution is 6.28. The van der Waals surface area contributed by atoms with Gasteiger partial charge in [-0.3, -0.25) is 0 Å². The highest BCUT2D eigenvalue weighted by Crippen LogP contribution is 2.30. The summed E-state index contributed by atoms with van der Waals surface area (Å²) in [5.74, 6) is 0.643. The van der Waals surface area contributed by atoms with Gasteiger partial charge in [-0.25, -0.2) is 9.97 Å². The highest BCUT2D eigenvalue weighted by atomic mass is 35.5. The number of anilines is 1. The number of nitrogens with zero attached hydrogens (tertiary/aromatic N) is 3. The first-order valence-corrected chi connectivity index (χ1v) is 7.06. The second-order valence-electron chi connectivity index (χ2n) is 4.60. The van der Waals surface area contributed by atoms with E-state index >= 15 is 0 Å². The van der Waals surface area contributed by atoms with Gasteiger partial charge in [-0.15, -0.1) is 0 Å². The summed E-state index contributed by atoms with van der Waals surface area (Å²) in [6.45, 7) is 7.24. The second-order valence-corrected chi connectivity index (χ2v) is 4.94. The monoisotopic (exact) mass is 309 g/mol. The molecule has 0 aliphatic carbocycles. The van der Waals surface area contributed by atoms with Crippen molar-refractivity contribution in [3.63, 3.8) is 0 Å². The first-order chi connectivity index (χ1) is 9.31. The Kier molecular flexibility index (Phi) is 6.05. The highest BCUT2D eigenvalue weighted by Gasteiger charge is 2.34. The molecule has 3 nitrogen and oxygen atoms in total. The third-order valence-corrected chi connectivity index (χ3v) is 3.48. The molecule has 1 rings (SSSR count). The molecule has 0 bridgehead atoms. The van der Waals surface area contributed by atoms with Crippen LogP contribution in [0.1, 0.15) is 39.3 Å². The minimum atomic E-state index is -4.52. The van der Waals surface area contributed by atoms with Crippen LogP contribution in [0.2, 0.25) is 5.28 Å². The van der Waals surface area contributed by atoms with Gasteiger partial charge < -0.3 is 4.90 Å². The lowest BCUT2D eigenvalue weighted by Gasteiger charge is -2.26. The van der Waals surface area contributed by atoms with Crippen molar-refractivity contribution in [2.45, 2.75) is 39.8 Å². The van der Waals surface area contributed by atoms with Crippen molar-refractivity contribution in [3.05, 3.63) is 17.0 Å². The molecule has 0 spiro atoms. The van der Waals surface area contributed by atoms with Crippen LogP contribution in [0.4, 0.5) is 19.0 Å². The van der Waals surface area contributed by atoms with E-state index in [-0.39, 0.29) is 11.1 Å². The van der Waals surface area contributed by atoms with Crippen LogP contribution in [0.25, 0.3) is 0 Å². The molecule has 0 radical (unpaired) electrons. The van der Waals surface area contributed by atoms with Gasteiger partial charge >= 0.3 is 6.18 Å². The minimum Gasteiger partial charge on any atom is -0.356 e. The molecule has 114 valence electrons. The fourth-order valence-electron chi connectivity index (χ4n) is 1.96. The zero-order valence-corrected chi connectivity index (χ0v) is 12.6. The second kappa shape index (κ2) is 7.11. The number of alkyl halides is 3. The smallest absolute Gasteiger partial charge is 0.356 e. The van der Waals surface area contributed by atoms with Gasteiger partial charge in [0.2, 0.25) is 5.28 Å². The molecule has 20 heavy (non-hydrogen) atoms. The summed E-state index contributed by atoms with van der Waals surface area (Å²) in [5.41, 5.74) is -1.00. The molecule has 0 aliphatic rings. The maximum Gasteiger partial charge on any atom is 0.433 e. The molecule has 0 N–H and O–H groups in total. The third-order valence-electron chi connectivity index (χ3n) is 3.31. The van der Waals surface area contributed by atoms with E-state index in [4.69, 9.17) is 11.6 Å². The van der Waals surface area contributed by atoms with Crippen LogP contribution >= 0.6 is 11.6 Å². The molecule has 0 saturated heterocycles. The zero-order chi connectivity index (χ0) is 15.3. The molecule has 0 amide bonds. The zero-order valence-electron chi connectivity index (χ0n) is 11.8. The Morgan fingerprint density at radius 1 is 1.20 bits per heavy atom. The number of hydrogen-bond donors (Lipinski definition) is 0. The van der Waals surface area contributed by atoms with Crippen LogP contribution in [0, 0.1) is 5.92 Å². The Morgan fingerprint density at radius 2 is 1.80 bits per heavy atom. The summed E-state index contributed by atoms with van der Waals surface area (Å²) >= 11 is 5.61. The Hall–Kier alpha value is -1.04. The van der Waals surface area contributed by atoms with Crippen molar-refractivity contribution >= 4 is 17.4 Å². The van der Waals surface area contributed by atoms with Crippen LogP contribution in [0.3, 0.4) is 0 Å². The first-order valence-electron chi connectivity index (χ1n) is 6.68. The summed E-state index contributed by atoms with van der Waals surface area (Å²) in [6.07, 6.45) is -2.58. The van der Waals surface area contributed by atoms with Crippen LogP contribution < -0.4 is 4.90 Å². The molecule has 0 aromatic carbocycles. The van der Waals surface area contributed by atoms with Gasteiger partial charge in [-0.2, -0.15) is 13.2 Å². The predicted octanol–water partition coefficient (Wildman–Crippen LogP) is 4.41. The van der Waals surface area contributed by atoms with Gasteiger partial charge in [-0.1, -0.05) is 26.7 Å². The van der Waals surface area contributed by atoms with Crippen molar-refractivity contribution in [2.75, 3.05) is 18.0 Å². The number of aromatic nitrogens is 2. The minimum absolute atomic E-state index is 0.228. The fourth-order valence-corrected chi connectivity index (χ4v) is 2.13. The van der Waals surface area contributed by atoms with Crippen molar-refractivity contribution in [1.29, 1.82) is 0 Å². The Bertz CT molecular complexity index is 433. The molecule has 0 atom stereocenters. The molecular formula is C13H19ClF3N3. The van der Waals surface area contributed by atoms with Gasteiger partial charge in [0.1, 0.15) is 5.82 Å². The van der Waals surface area contributed by atoms with E-state index in [2.05, 4.69) is 23.8 Å². The fraction of sp³-hybridized carbons (Fsp3) is 0.692. The van der Waals surface area contributed by atoms with Crippen molar-refractivity contribution in [2.24, 2.45) is 5.92 Å². The number of hydrogen-bond acceptors (Lipinski definition) is 3. The van der Waals surface area contributed by atoms with Crippen LogP contribution in [-0.2, 0) is 6.18 Å². The normalized spacial score (nSPS) is 12.0. The van der Waals surface area contributed by atoms with Gasteiger partial charge in [0.05, 0.1) is 0 Å². The van der Waals surface area contributed by atoms with E-state index in [0.29, 0.717) is 19.0 Å². The average molecular weight is 310 g/mol. The number of rotatable bonds is 6. The Labute approximate surface area is 122 Å². The van der Waals surface area contributed by atoms with E-state index in [0.717, 1.165) is 18.9 Å². The lowest BCUT2D eigenvalue weighted by molar-refractivity contribution is -0.141. The van der Waals surface area contributed by atoms with Gasteiger partial charge in [0.15, 0.2) is 5.69 Å². The topological polar surface area (TPSA) is 29.0 Å². The van der Waals surface area contributed by atoms with Gasteiger partial charge in [0, 0.05) is 19.2 Å².